The summed E-state index contributed by atoms with van der Waals surface area (Å²) in [6.07, 6.45) is -4.66. The average Bonchev–Trinajstić information content (AvgIpc) is 2.89. The monoisotopic (exact) mass is 338 g/mol. The first-order valence-electron chi connectivity index (χ1n) is 7.24. The highest BCUT2D eigenvalue weighted by Gasteiger charge is 2.42. The topological polar surface area (TPSA) is 60.2 Å². The fraction of sp³-hybridized carbons (Fsp3) is 0.769. The molecule has 0 saturated carbocycles. The number of carbonyl (C=O) groups excluding carboxylic acids is 1. The molecule has 1 atom stereocenters. The zero-order chi connectivity index (χ0) is 17.0. The summed E-state index contributed by atoms with van der Waals surface area (Å²) in [6.45, 7) is -0.904. The molecule has 0 saturated heterocycles. The molecule has 0 spiro atoms. The van der Waals surface area contributed by atoms with Gasteiger partial charge in [-0.2, -0.15) is 13.2 Å². The smallest absolute Gasteiger partial charge is 0.409 e. The molecule has 2 heterocycles. The van der Waals surface area contributed by atoms with Gasteiger partial charge in [0, 0.05) is 26.4 Å². The van der Waals surface area contributed by atoms with Gasteiger partial charge in [-0.15, -0.1) is 10.2 Å². The largest absolute Gasteiger partial charge is 0.449 e. The van der Waals surface area contributed by atoms with Crippen molar-refractivity contribution in [3.63, 3.8) is 0 Å². The van der Waals surface area contributed by atoms with E-state index >= 15 is 0 Å². The summed E-state index contributed by atoms with van der Waals surface area (Å²) in [5.41, 5.74) is 0. The van der Waals surface area contributed by atoms with Crippen molar-refractivity contribution in [2.24, 2.45) is 5.92 Å². The summed E-state index contributed by atoms with van der Waals surface area (Å²) in [4.78, 5) is 12.9. The van der Waals surface area contributed by atoms with E-state index in [0.29, 0.717) is 5.82 Å². The molecule has 0 N–H and O–H groups in total. The molecule has 23 heavy (non-hydrogen) atoms. The number of hydrogen-bond acceptors (Lipinski definition) is 4. The van der Waals surface area contributed by atoms with Crippen LogP contribution in [0.3, 0.4) is 0 Å². The highest BCUT2D eigenvalue weighted by Crippen LogP contribution is 2.34. The number of fused-ring (bicyclic) bond motifs is 1. The molecule has 1 aliphatic rings. The Hall–Kier alpha value is -1.87. The number of hydrogen-bond donors (Lipinski definition) is 0. The molecule has 1 amide bonds. The van der Waals surface area contributed by atoms with E-state index in [-0.39, 0.29) is 44.8 Å². The first kappa shape index (κ1) is 17.5. The quantitative estimate of drug-likeness (QED) is 0.611. The second kappa shape index (κ2) is 7.14. The van der Waals surface area contributed by atoms with E-state index in [1.165, 1.54) is 16.5 Å². The molecule has 1 unspecified atom stereocenters. The van der Waals surface area contributed by atoms with Crippen LogP contribution in [0.5, 0.6) is 0 Å². The van der Waals surface area contributed by atoms with Crippen LogP contribution in [0.2, 0.25) is 0 Å². The van der Waals surface area contributed by atoms with Crippen molar-refractivity contribution in [1.29, 1.82) is 0 Å². The lowest BCUT2D eigenvalue weighted by Gasteiger charge is -2.26. The number of nitrogens with zero attached hydrogens (tertiary/aromatic N) is 4. The van der Waals surface area contributed by atoms with E-state index in [1.54, 1.807) is 0 Å². The normalized spacial score (nSPS) is 17.7. The summed E-state index contributed by atoms with van der Waals surface area (Å²) >= 11 is 0. The minimum absolute atomic E-state index is 0.0112. The van der Waals surface area contributed by atoms with E-state index in [2.05, 4.69) is 10.2 Å². The number of aromatic nitrogens is 3. The average molecular weight is 338 g/mol. The SMILES string of the molecule is CN(Cc1nnc2n1CC(C(F)(F)F)CC2)C(=O)OCCCF. The number of rotatable bonds is 5. The van der Waals surface area contributed by atoms with E-state index in [4.69, 9.17) is 4.74 Å². The minimum atomic E-state index is -4.27. The van der Waals surface area contributed by atoms with E-state index in [9.17, 15) is 22.4 Å². The molecule has 10 heteroatoms. The van der Waals surface area contributed by atoms with Crippen LogP contribution in [0, 0.1) is 5.92 Å². The molecule has 130 valence electrons. The maximum Gasteiger partial charge on any atom is 0.409 e. The second-order valence-electron chi connectivity index (χ2n) is 5.43. The molecule has 1 aromatic rings. The standard InChI is InChI=1S/C13H18F4N4O2/c1-20(12(22)23-6-2-5-14)8-11-19-18-10-4-3-9(7-21(10)11)13(15,16)17/h9H,2-8H2,1H3. The van der Waals surface area contributed by atoms with E-state index in [1.807, 2.05) is 0 Å². The summed E-state index contributed by atoms with van der Waals surface area (Å²) in [7, 11) is 1.43. The van der Waals surface area contributed by atoms with Gasteiger partial charge < -0.3 is 14.2 Å². The summed E-state index contributed by atoms with van der Waals surface area (Å²) in [5.74, 6) is -0.676. The van der Waals surface area contributed by atoms with E-state index < -0.39 is 24.9 Å². The summed E-state index contributed by atoms with van der Waals surface area (Å²) in [6, 6.07) is 0. The molecular formula is C13H18F4N4O2. The van der Waals surface area contributed by atoms with Gasteiger partial charge in [-0.3, -0.25) is 4.39 Å². The second-order valence-corrected chi connectivity index (χ2v) is 5.43. The third kappa shape index (κ3) is 4.32. The molecular weight excluding hydrogens is 320 g/mol. The molecule has 0 aliphatic carbocycles. The Balaban J connectivity index is 2.00. The first-order valence-corrected chi connectivity index (χ1v) is 7.24. The number of carbonyl (C=O) groups is 1. The molecule has 1 aromatic heterocycles. The van der Waals surface area contributed by atoms with Crippen LogP contribution in [-0.2, 0) is 24.2 Å². The van der Waals surface area contributed by atoms with Gasteiger partial charge in [-0.05, 0) is 6.42 Å². The highest BCUT2D eigenvalue weighted by molar-refractivity contribution is 5.67. The van der Waals surface area contributed by atoms with Gasteiger partial charge in [-0.25, -0.2) is 4.79 Å². The zero-order valence-corrected chi connectivity index (χ0v) is 12.6. The predicted molar refractivity (Wildman–Crippen MR) is 71.3 cm³/mol. The summed E-state index contributed by atoms with van der Waals surface area (Å²) in [5, 5.41) is 7.75. The van der Waals surface area contributed by atoms with Crippen molar-refractivity contribution in [3.05, 3.63) is 11.6 Å². The Morgan fingerprint density at radius 1 is 1.43 bits per heavy atom. The third-order valence-corrected chi connectivity index (χ3v) is 3.68. The molecule has 0 bridgehead atoms. The van der Waals surface area contributed by atoms with Crippen LogP contribution in [0.15, 0.2) is 0 Å². The van der Waals surface area contributed by atoms with Gasteiger partial charge in [0.05, 0.1) is 25.7 Å². The number of alkyl halides is 4. The van der Waals surface area contributed by atoms with Crippen LogP contribution in [0.4, 0.5) is 22.4 Å². The Morgan fingerprint density at radius 2 is 2.17 bits per heavy atom. The number of amides is 1. The van der Waals surface area contributed by atoms with Crippen molar-refractivity contribution in [2.45, 2.75) is 38.5 Å². The van der Waals surface area contributed by atoms with Crippen LogP contribution < -0.4 is 0 Å². The van der Waals surface area contributed by atoms with Crippen molar-refractivity contribution in [1.82, 2.24) is 19.7 Å². The Bertz CT molecular complexity index is 547. The lowest BCUT2D eigenvalue weighted by molar-refractivity contribution is -0.182. The zero-order valence-electron chi connectivity index (χ0n) is 12.6. The molecule has 6 nitrogen and oxygen atoms in total. The van der Waals surface area contributed by atoms with Crippen molar-refractivity contribution >= 4 is 6.09 Å². The van der Waals surface area contributed by atoms with Gasteiger partial charge in [0.1, 0.15) is 5.82 Å². The van der Waals surface area contributed by atoms with Gasteiger partial charge in [0.25, 0.3) is 0 Å². The van der Waals surface area contributed by atoms with Crippen molar-refractivity contribution in [3.8, 4) is 0 Å². The van der Waals surface area contributed by atoms with Crippen molar-refractivity contribution in [2.75, 3.05) is 20.3 Å². The maximum absolute atomic E-state index is 12.9. The molecule has 0 radical (unpaired) electrons. The lowest BCUT2D eigenvalue weighted by atomic mass is 9.99. The lowest BCUT2D eigenvalue weighted by Crippen LogP contribution is -2.34. The van der Waals surface area contributed by atoms with Gasteiger partial charge in [0.15, 0.2) is 5.82 Å². The van der Waals surface area contributed by atoms with Crippen molar-refractivity contribution < 1.29 is 27.1 Å². The fourth-order valence-electron chi connectivity index (χ4n) is 2.37. The molecule has 0 fully saturated rings. The Labute approximate surface area is 130 Å². The Morgan fingerprint density at radius 3 is 2.83 bits per heavy atom. The first-order chi connectivity index (χ1) is 10.8. The molecule has 0 aromatic carbocycles. The maximum atomic E-state index is 12.9. The highest BCUT2D eigenvalue weighted by atomic mass is 19.4. The summed E-state index contributed by atoms with van der Waals surface area (Å²) < 4.78 is 56.8. The number of halogens is 4. The Kier molecular flexibility index (Phi) is 5.42. The third-order valence-electron chi connectivity index (χ3n) is 3.68. The van der Waals surface area contributed by atoms with Gasteiger partial charge >= 0.3 is 12.3 Å². The minimum Gasteiger partial charge on any atom is -0.449 e. The number of aryl methyl sites for hydroxylation is 1. The molecule has 2 rings (SSSR count). The predicted octanol–water partition coefficient (Wildman–Crippen LogP) is 2.33. The van der Waals surface area contributed by atoms with Crippen LogP contribution in [0.25, 0.3) is 0 Å². The van der Waals surface area contributed by atoms with Crippen LogP contribution in [-0.4, -0.2) is 52.3 Å². The van der Waals surface area contributed by atoms with Gasteiger partial charge in [0.2, 0.25) is 0 Å². The van der Waals surface area contributed by atoms with E-state index in [0.717, 1.165) is 0 Å². The van der Waals surface area contributed by atoms with Crippen LogP contribution in [0.1, 0.15) is 24.5 Å². The fourth-order valence-corrected chi connectivity index (χ4v) is 2.37. The van der Waals surface area contributed by atoms with Crippen LogP contribution >= 0.6 is 0 Å². The van der Waals surface area contributed by atoms with Gasteiger partial charge in [-0.1, -0.05) is 0 Å². The molecule has 1 aliphatic heterocycles. The number of ether oxygens (including phenoxy) is 1.